The first-order valence-electron chi connectivity index (χ1n) is 15.6. The molecule has 1 atom stereocenters. The van der Waals surface area contributed by atoms with Crippen LogP contribution in [0.2, 0.25) is 10.0 Å². The molecular formula is C35H32Cl2FN9S. The number of piperidine rings is 1. The van der Waals surface area contributed by atoms with Crippen molar-refractivity contribution in [3.63, 3.8) is 0 Å². The smallest absolute Gasteiger partial charge is 0.141 e. The maximum absolute atomic E-state index is 13.9. The van der Waals surface area contributed by atoms with Crippen LogP contribution in [0.15, 0.2) is 66.4 Å². The Hall–Kier alpha value is -4.34. The number of nitrogens with zero attached hydrogens (tertiary/aromatic N) is 7. The molecule has 244 valence electrons. The molecule has 0 bridgehead atoms. The average Bonchev–Trinajstić information content (AvgIpc) is 3.76. The molecule has 3 aromatic heterocycles. The van der Waals surface area contributed by atoms with Crippen molar-refractivity contribution >= 4 is 72.7 Å². The molecule has 4 heterocycles. The second-order valence-corrected chi connectivity index (χ2v) is 14.6. The number of hydrogen-bond donors (Lipinski definition) is 2. The van der Waals surface area contributed by atoms with E-state index in [1.807, 2.05) is 40.7 Å². The number of benzene rings is 3. The zero-order valence-corrected chi connectivity index (χ0v) is 28.8. The van der Waals surface area contributed by atoms with Crippen LogP contribution in [0.25, 0.3) is 21.1 Å². The Bertz CT molecular complexity index is 2180. The van der Waals surface area contributed by atoms with E-state index in [0.29, 0.717) is 38.6 Å². The number of thiazole rings is 1. The van der Waals surface area contributed by atoms with Gasteiger partial charge in [-0.3, -0.25) is 9.88 Å². The van der Waals surface area contributed by atoms with Crippen LogP contribution in [0.3, 0.4) is 0 Å². The van der Waals surface area contributed by atoms with E-state index in [4.69, 9.17) is 28.3 Å². The Morgan fingerprint density at radius 3 is 2.58 bits per heavy atom. The van der Waals surface area contributed by atoms with Gasteiger partial charge in [-0.25, -0.2) is 14.1 Å². The van der Waals surface area contributed by atoms with Crippen molar-refractivity contribution in [2.24, 2.45) is 0 Å². The number of fused-ring (bicyclic) bond motifs is 2. The highest BCUT2D eigenvalue weighted by Crippen LogP contribution is 2.39. The normalized spacial score (nSPS) is 15.1. The number of likely N-dealkylation sites (tertiary alicyclic amines) is 1. The molecule has 13 heteroatoms. The van der Waals surface area contributed by atoms with Crippen LogP contribution in [0, 0.1) is 17.1 Å². The molecule has 2 N–H and O–H groups in total. The van der Waals surface area contributed by atoms with E-state index in [1.54, 1.807) is 17.4 Å². The van der Waals surface area contributed by atoms with Gasteiger partial charge in [-0.1, -0.05) is 40.5 Å². The van der Waals surface area contributed by atoms with Crippen molar-refractivity contribution in [3.8, 4) is 6.07 Å². The zero-order valence-electron chi connectivity index (χ0n) is 26.5. The fraction of sp³-hybridized carbons (Fsp3) is 0.286. The van der Waals surface area contributed by atoms with Crippen molar-refractivity contribution < 1.29 is 4.39 Å². The van der Waals surface area contributed by atoms with Gasteiger partial charge < -0.3 is 10.6 Å². The Morgan fingerprint density at radius 2 is 1.83 bits per heavy atom. The first kappa shape index (κ1) is 32.2. The van der Waals surface area contributed by atoms with E-state index < -0.39 is 11.9 Å². The molecule has 0 saturated carbocycles. The number of pyridine rings is 1. The number of nitriles is 1. The first-order valence-corrected chi connectivity index (χ1v) is 17.2. The molecule has 48 heavy (non-hydrogen) atoms. The lowest BCUT2D eigenvalue weighted by Crippen LogP contribution is -2.46. The predicted octanol–water partition coefficient (Wildman–Crippen LogP) is 9.13. The minimum absolute atomic E-state index is 0.0369. The molecule has 0 amide bonds. The number of aromatic nitrogens is 5. The van der Waals surface area contributed by atoms with E-state index in [1.165, 1.54) is 18.3 Å². The molecule has 9 nitrogen and oxygen atoms in total. The fourth-order valence-corrected chi connectivity index (χ4v) is 7.58. The Balaban J connectivity index is 1.28. The van der Waals surface area contributed by atoms with E-state index in [9.17, 15) is 9.65 Å². The Labute approximate surface area is 291 Å². The van der Waals surface area contributed by atoms with Crippen LogP contribution in [-0.2, 0) is 0 Å². The molecule has 6 aromatic rings. The van der Waals surface area contributed by atoms with Gasteiger partial charge >= 0.3 is 0 Å². The van der Waals surface area contributed by atoms with E-state index in [-0.39, 0.29) is 16.6 Å². The van der Waals surface area contributed by atoms with Crippen LogP contribution >= 0.6 is 34.5 Å². The molecule has 1 fully saturated rings. The number of halogens is 3. The summed E-state index contributed by atoms with van der Waals surface area (Å²) in [7, 11) is 0. The van der Waals surface area contributed by atoms with Crippen LogP contribution in [-0.4, -0.2) is 48.5 Å². The van der Waals surface area contributed by atoms with Crippen LogP contribution in [0.5, 0.6) is 0 Å². The molecule has 1 saturated heterocycles. The van der Waals surface area contributed by atoms with Gasteiger partial charge in [0.1, 0.15) is 17.6 Å². The fourth-order valence-electron chi connectivity index (χ4n) is 6.30. The maximum Gasteiger partial charge on any atom is 0.141 e. The Kier molecular flexibility index (Phi) is 8.68. The molecule has 0 radical (unpaired) electrons. The summed E-state index contributed by atoms with van der Waals surface area (Å²) in [5.74, 6) is -0.536. The van der Waals surface area contributed by atoms with Gasteiger partial charge in [0.15, 0.2) is 0 Å². The highest BCUT2D eigenvalue weighted by molar-refractivity contribution is 7.17. The third kappa shape index (κ3) is 6.29. The third-order valence-corrected chi connectivity index (χ3v) is 10.3. The van der Waals surface area contributed by atoms with Crippen molar-refractivity contribution in [1.29, 1.82) is 5.26 Å². The molecule has 1 aliphatic rings. The summed E-state index contributed by atoms with van der Waals surface area (Å²) in [6.45, 7) is 8.76. The van der Waals surface area contributed by atoms with Crippen molar-refractivity contribution in [2.45, 2.75) is 51.2 Å². The zero-order chi connectivity index (χ0) is 33.6. The van der Waals surface area contributed by atoms with Crippen molar-refractivity contribution in [3.05, 3.63) is 99.1 Å². The standard InChI is InChI=1S/C35H32Cl2FN9S/c1-35(2,3)46-11-9-23(10-12-46)47-18-30(44-45-47)33(24-5-4-6-29-34(24)48-19-41-29)43-22-13-25-31(42-21-7-8-28(38)26(36)14-21)20(16-39)17-40-32(25)27(37)15-22/h4-8,13-15,17-19,23,33,43H,9-12H2,1-3H3,(H,40,42)/t33-/m0/s1. The molecule has 0 aliphatic carbocycles. The van der Waals surface area contributed by atoms with Gasteiger partial charge in [0, 0.05) is 41.6 Å². The highest BCUT2D eigenvalue weighted by atomic mass is 35.5. The number of hydrogen-bond acceptors (Lipinski definition) is 9. The lowest BCUT2D eigenvalue weighted by atomic mass is 9.98. The topological polar surface area (TPSA) is 108 Å². The quantitative estimate of drug-likeness (QED) is 0.170. The van der Waals surface area contributed by atoms with Gasteiger partial charge in [0.2, 0.25) is 0 Å². The van der Waals surface area contributed by atoms with Gasteiger partial charge in [-0.2, -0.15) is 5.26 Å². The molecule has 0 unspecified atom stereocenters. The summed E-state index contributed by atoms with van der Waals surface area (Å²) in [5, 5.41) is 27.2. The summed E-state index contributed by atoms with van der Waals surface area (Å²) < 4.78 is 17.0. The molecule has 3 aromatic carbocycles. The third-order valence-electron chi connectivity index (χ3n) is 8.85. The monoisotopic (exact) mass is 699 g/mol. The van der Waals surface area contributed by atoms with E-state index in [0.717, 1.165) is 47.4 Å². The first-order chi connectivity index (χ1) is 23.1. The molecular weight excluding hydrogens is 668 g/mol. The highest BCUT2D eigenvalue weighted by Gasteiger charge is 2.29. The minimum atomic E-state index is -0.536. The average molecular weight is 701 g/mol. The van der Waals surface area contributed by atoms with E-state index in [2.05, 4.69) is 63.6 Å². The largest absolute Gasteiger partial charge is 0.373 e. The van der Waals surface area contributed by atoms with Crippen LogP contribution < -0.4 is 10.6 Å². The summed E-state index contributed by atoms with van der Waals surface area (Å²) in [5.41, 5.74) is 7.11. The second-order valence-electron chi connectivity index (χ2n) is 12.9. The predicted molar refractivity (Wildman–Crippen MR) is 191 cm³/mol. The summed E-state index contributed by atoms with van der Waals surface area (Å²) in [6, 6.07) is 16.1. The van der Waals surface area contributed by atoms with Gasteiger partial charge in [0.25, 0.3) is 0 Å². The summed E-state index contributed by atoms with van der Waals surface area (Å²) >= 11 is 14.5. The number of rotatable bonds is 7. The molecule has 1 aliphatic heterocycles. The minimum Gasteiger partial charge on any atom is -0.373 e. The molecule has 0 spiro atoms. The van der Waals surface area contributed by atoms with Crippen LogP contribution in [0.1, 0.15) is 62.5 Å². The molecule has 7 rings (SSSR count). The number of anilines is 3. The van der Waals surface area contributed by atoms with Crippen molar-refractivity contribution in [1.82, 2.24) is 29.9 Å². The lowest BCUT2D eigenvalue weighted by molar-refractivity contribution is 0.0866. The lowest BCUT2D eigenvalue weighted by Gasteiger charge is -2.40. The summed E-state index contributed by atoms with van der Waals surface area (Å²) in [6.07, 6.45) is 5.49. The number of nitrogens with one attached hydrogen (secondary N) is 2. The van der Waals surface area contributed by atoms with Gasteiger partial charge in [0.05, 0.1) is 60.8 Å². The maximum atomic E-state index is 13.9. The van der Waals surface area contributed by atoms with Gasteiger partial charge in [-0.05, 0) is 75.6 Å². The van der Waals surface area contributed by atoms with Crippen LogP contribution in [0.4, 0.5) is 21.5 Å². The van der Waals surface area contributed by atoms with Gasteiger partial charge in [-0.15, -0.1) is 16.4 Å². The summed E-state index contributed by atoms with van der Waals surface area (Å²) in [4.78, 5) is 11.6. The Morgan fingerprint density at radius 1 is 1.04 bits per heavy atom. The SMILES string of the molecule is CC(C)(C)N1CCC(n2cc([C@@H](Nc3cc(Cl)c4ncc(C#N)c(Nc5ccc(F)c(Cl)c5)c4c3)c3cccc4ncsc34)nn2)CC1. The van der Waals surface area contributed by atoms with Crippen molar-refractivity contribution in [2.75, 3.05) is 23.7 Å². The van der Waals surface area contributed by atoms with E-state index >= 15 is 0 Å². The second kappa shape index (κ2) is 12.9.